The number of carbonyl (C=O) groups excluding carboxylic acids is 2. The lowest BCUT2D eigenvalue weighted by atomic mass is 10.0. The van der Waals surface area contributed by atoms with Crippen molar-refractivity contribution in [1.29, 1.82) is 0 Å². The van der Waals surface area contributed by atoms with Gasteiger partial charge in [-0.3, -0.25) is 9.59 Å². The summed E-state index contributed by atoms with van der Waals surface area (Å²) in [6.45, 7) is 1.35. The molecular formula is C16H16FN5O2. The van der Waals surface area contributed by atoms with Gasteiger partial charge in [0.1, 0.15) is 5.82 Å². The number of carbonyl (C=O) groups is 2. The Morgan fingerprint density at radius 2 is 2.00 bits per heavy atom. The van der Waals surface area contributed by atoms with E-state index in [0.717, 1.165) is 0 Å². The van der Waals surface area contributed by atoms with Gasteiger partial charge in [-0.15, -0.1) is 5.10 Å². The predicted molar refractivity (Wildman–Crippen MR) is 82.5 cm³/mol. The van der Waals surface area contributed by atoms with E-state index in [1.54, 1.807) is 40.2 Å². The van der Waals surface area contributed by atoms with Crippen LogP contribution in [0.15, 0.2) is 36.7 Å². The van der Waals surface area contributed by atoms with Crippen LogP contribution in [0, 0.1) is 11.7 Å². The van der Waals surface area contributed by atoms with E-state index in [2.05, 4.69) is 10.3 Å². The van der Waals surface area contributed by atoms with Gasteiger partial charge in [0.15, 0.2) is 0 Å². The topological polar surface area (TPSA) is 71.3 Å². The van der Waals surface area contributed by atoms with Gasteiger partial charge in [0.2, 0.25) is 11.8 Å². The highest BCUT2D eigenvalue weighted by atomic mass is 19.1. The lowest BCUT2D eigenvalue weighted by molar-refractivity contribution is -0.141. The van der Waals surface area contributed by atoms with Crippen LogP contribution < -0.4 is 4.90 Å². The smallest absolute Gasteiger partial charge is 0.228 e. The van der Waals surface area contributed by atoms with Crippen molar-refractivity contribution in [3.63, 3.8) is 0 Å². The molecule has 1 aromatic carbocycles. The van der Waals surface area contributed by atoms with Gasteiger partial charge in [0.25, 0.3) is 0 Å². The van der Waals surface area contributed by atoms with E-state index in [0.29, 0.717) is 13.1 Å². The quantitative estimate of drug-likeness (QED) is 0.837. The second-order valence-electron chi connectivity index (χ2n) is 6.14. The monoisotopic (exact) mass is 329 g/mol. The zero-order valence-electron chi connectivity index (χ0n) is 12.9. The minimum absolute atomic E-state index is 0.0569. The largest absolute Gasteiger partial charge is 0.338 e. The van der Waals surface area contributed by atoms with Crippen LogP contribution in [-0.2, 0) is 9.59 Å². The first-order valence-electron chi connectivity index (χ1n) is 7.83. The second kappa shape index (κ2) is 5.70. The number of likely N-dealkylation sites (tertiary alicyclic amines) is 1. The van der Waals surface area contributed by atoms with Crippen LogP contribution in [0.25, 0.3) is 0 Å². The summed E-state index contributed by atoms with van der Waals surface area (Å²) in [4.78, 5) is 27.8. The minimum atomic E-state index is -0.450. The summed E-state index contributed by atoms with van der Waals surface area (Å²) in [5.41, 5.74) is 0.238. The number of hydrogen-bond acceptors (Lipinski definition) is 4. The SMILES string of the molecule is O=C(C1CC(=O)N(c2ccccc2F)C1)N1CC(n2ccnn2)C1. The fourth-order valence-electron chi connectivity index (χ4n) is 3.25. The molecule has 4 rings (SSSR count). The Morgan fingerprint density at radius 1 is 1.21 bits per heavy atom. The zero-order chi connectivity index (χ0) is 16.7. The standard InChI is InChI=1S/C16H16FN5O2/c17-13-3-1-2-4-14(13)21-8-11(7-15(21)23)16(24)20-9-12(10-20)22-6-5-18-19-22/h1-6,11-12H,7-10H2. The number of nitrogens with zero attached hydrogens (tertiary/aromatic N) is 5. The second-order valence-corrected chi connectivity index (χ2v) is 6.14. The molecule has 0 saturated carbocycles. The summed E-state index contributed by atoms with van der Waals surface area (Å²) in [6, 6.07) is 6.27. The Hall–Kier alpha value is -2.77. The average molecular weight is 329 g/mol. The van der Waals surface area contributed by atoms with E-state index < -0.39 is 11.7 Å². The molecule has 1 atom stereocenters. The van der Waals surface area contributed by atoms with Gasteiger partial charge in [-0.1, -0.05) is 17.3 Å². The molecule has 124 valence electrons. The molecule has 0 radical (unpaired) electrons. The van der Waals surface area contributed by atoms with Gasteiger partial charge in [0, 0.05) is 32.3 Å². The zero-order valence-corrected chi connectivity index (χ0v) is 12.9. The first-order valence-corrected chi connectivity index (χ1v) is 7.83. The Labute approximate surface area is 137 Å². The number of aromatic nitrogens is 3. The maximum atomic E-state index is 13.9. The maximum absolute atomic E-state index is 13.9. The highest BCUT2D eigenvalue weighted by Crippen LogP contribution is 2.30. The molecule has 2 fully saturated rings. The van der Waals surface area contributed by atoms with E-state index in [-0.39, 0.29) is 36.5 Å². The third-order valence-electron chi connectivity index (χ3n) is 4.61. The van der Waals surface area contributed by atoms with Crippen LogP contribution in [0.5, 0.6) is 0 Å². The summed E-state index contributed by atoms with van der Waals surface area (Å²) in [5.74, 6) is -1.15. The van der Waals surface area contributed by atoms with Crippen LogP contribution in [-0.4, -0.2) is 51.3 Å². The van der Waals surface area contributed by atoms with Gasteiger partial charge in [-0.05, 0) is 12.1 Å². The van der Waals surface area contributed by atoms with Crippen molar-refractivity contribution in [3.8, 4) is 0 Å². The number of para-hydroxylation sites is 1. The van der Waals surface area contributed by atoms with E-state index in [4.69, 9.17) is 0 Å². The van der Waals surface area contributed by atoms with Crippen molar-refractivity contribution in [3.05, 3.63) is 42.5 Å². The van der Waals surface area contributed by atoms with Crippen LogP contribution in [0.4, 0.5) is 10.1 Å². The van der Waals surface area contributed by atoms with Crippen molar-refractivity contribution < 1.29 is 14.0 Å². The van der Waals surface area contributed by atoms with Crippen molar-refractivity contribution in [1.82, 2.24) is 19.9 Å². The Kier molecular flexibility index (Phi) is 3.51. The van der Waals surface area contributed by atoms with Gasteiger partial charge in [-0.2, -0.15) is 0 Å². The molecule has 0 spiro atoms. The van der Waals surface area contributed by atoms with Crippen molar-refractivity contribution in [2.75, 3.05) is 24.5 Å². The molecule has 8 heteroatoms. The lowest BCUT2D eigenvalue weighted by Gasteiger charge is -2.40. The van der Waals surface area contributed by atoms with Gasteiger partial charge < -0.3 is 9.80 Å². The molecule has 1 unspecified atom stereocenters. The van der Waals surface area contributed by atoms with E-state index >= 15 is 0 Å². The van der Waals surface area contributed by atoms with Crippen LogP contribution >= 0.6 is 0 Å². The first-order chi connectivity index (χ1) is 11.6. The summed E-state index contributed by atoms with van der Waals surface area (Å²) in [6.07, 6.45) is 3.50. The lowest BCUT2D eigenvalue weighted by Crippen LogP contribution is -2.53. The minimum Gasteiger partial charge on any atom is -0.338 e. The number of halogens is 1. The Morgan fingerprint density at radius 3 is 2.71 bits per heavy atom. The predicted octanol–water partition coefficient (Wildman–Crippen LogP) is 0.854. The van der Waals surface area contributed by atoms with Gasteiger partial charge in [0.05, 0.1) is 23.8 Å². The summed E-state index contributed by atoms with van der Waals surface area (Å²) in [7, 11) is 0. The van der Waals surface area contributed by atoms with E-state index in [1.807, 2.05) is 0 Å². The van der Waals surface area contributed by atoms with Crippen molar-refractivity contribution in [2.24, 2.45) is 5.92 Å². The first kappa shape index (κ1) is 14.8. The molecule has 24 heavy (non-hydrogen) atoms. The van der Waals surface area contributed by atoms with E-state index in [9.17, 15) is 14.0 Å². The number of anilines is 1. The fraction of sp³-hybridized carbons (Fsp3) is 0.375. The molecule has 2 saturated heterocycles. The normalized spacial score (nSPS) is 21.2. The molecule has 0 N–H and O–H groups in total. The van der Waals surface area contributed by atoms with Crippen LogP contribution in [0.2, 0.25) is 0 Å². The number of rotatable bonds is 3. The number of hydrogen-bond donors (Lipinski definition) is 0. The Balaban J connectivity index is 1.41. The number of benzene rings is 1. The molecule has 2 amide bonds. The highest BCUT2D eigenvalue weighted by Gasteiger charge is 2.41. The molecule has 0 aliphatic carbocycles. The third kappa shape index (κ3) is 2.44. The Bertz CT molecular complexity index is 773. The van der Waals surface area contributed by atoms with Crippen LogP contribution in [0.1, 0.15) is 12.5 Å². The molecule has 1 aromatic heterocycles. The van der Waals surface area contributed by atoms with Crippen molar-refractivity contribution >= 4 is 17.5 Å². The molecule has 2 aliphatic heterocycles. The third-order valence-corrected chi connectivity index (χ3v) is 4.61. The molecule has 3 heterocycles. The number of amides is 2. The highest BCUT2D eigenvalue weighted by molar-refractivity contribution is 6.00. The molecule has 2 aliphatic rings. The van der Waals surface area contributed by atoms with Crippen LogP contribution in [0.3, 0.4) is 0 Å². The summed E-state index contributed by atoms with van der Waals surface area (Å²) >= 11 is 0. The maximum Gasteiger partial charge on any atom is 0.228 e. The molecular weight excluding hydrogens is 313 g/mol. The summed E-state index contributed by atoms with van der Waals surface area (Å²) < 4.78 is 15.6. The van der Waals surface area contributed by atoms with E-state index in [1.165, 1.54) is 11.0 Å². The average Bonchev–Trinajstić information content (AvgIpc) is 3.16. The molecule has 7 nitrogen and oxygen atoms in total. The molecule has 2 aromatic rings. The van der Waals surface area contributed by atoms with Gasteiger partial charge in [-0.25, -0.2) is 9.07 Å². The van der Waals surface area contributed by atoms with Crippen molar-refractivity contribution in [2.45, 2.75) is 12.5 Å². The fourth-order valence-corrected chi connectivity index (χ4v) is 3.25. The molecule has 0 bridgehead atoms. The van der Waals surface area contributed by atoms with Gasteiger partial charge >= 0.3 is 0 Å². The summed E-state index contributed by atoms with van der Waals surface area (Å²) in [5, 5.41) is 7.68.